The molecule has 1 heterocycles. The molecule has 3 N–H and O–H groups in total. The van der Waals surface area contributed by atoms with E-state index in [2.05, 4.69) is 19.1 Å². The molecule has 1 aliphatic rings. The molecule has 0 aromatic rings. The first kappa shape index (κ1) is 25.6. The highest BCUT2D eigenvalue weighted by Crippen LogP contribution is 2.20. The van der Waals surface area contributed by atoms with Gasteiger partial charge in [0.25, 0.3) is 0 Å². The van der Waals surface area contributed by atoms with Crippen LogP contribution in [-0.2, 0) is 9.47 Å². The van der Waals surface area contributed by atoms with Crippen LogP contribution in [0.2, 0.25) is 0 Å². The molecule has 0 spiro atoms. The van der Waals surface area contributed by atoms with E-state index in [9.17, 15) is 15.3 Å². The Morgan fingerprint density at radius 1 is 0.893 bits per heavy atom. The molecule has 0 aliphatic carbocycles. The van der Waals surface area contributed by atoms with Crippen molar-refractivity contribution in [1.82, 2.24) is 0 Å². The van der Waals surface area contributed by atoms with E-state index in [1.54, 1.807) is 0 Å². The molecule has 0 amide bonds. The van der Waals surface area contributed by atoms with E-state index in [0.29, 0.717) is 6.61 Å². The van der Waals surface area contributed by atoms with Gasteiger partial charge in [-0.25, -0.2) is 0 Å². The molecular formula is C23H44O5. The van der Waals surface area contributed by atoms with Crippen LogP contribution >= 0.6 is 0 Å². The normalized spacial score (nSPS) is 23.6. The summed E-state index contributed by atoms with van der Waals surface area (Å²) in [6, 6.07) is 0. The molecule has 0 aromatic heterocycles. The van der Waals surface area contributed by atoms with E-state index >= 15 is 0 Å². The van der Waals surface area contributed by atoms with Crippen molar-refractivity contribution in [1.29, 1.82) is 0 Å². The summed E-state index contributed by atoms with van der Waals surface area (Å²) in [5.74, 6) is 0. The number of rotatable bonds is 18. The lowest BCUT2D eigenvalue weighted by Gasteiger charge is -2.24. The van der Waals surface area contributed by atoms with Gasteiger partial charge in [-0.15, -0.1) is 0 Å². The van der Waals surface area contributed by atoms with Crippen molar-refractivity contribution in [3.63, 3.8) is 0 Å². The molecule has 1 fully saturated rings. The Morgan fingerprint density at radius 2 is 1.46 bits per heavy atom. The number of unbranched alkanes of at least 4 members (excludes halogenated alkanes) is 11. The third-order valence-corrected chi connectivity index (χ3v) is 5.47. The van der Waals surface area contributed by atoms with Crippen LogP contribution in [-0.4, -0.2) is 59.6 Å². The number of allylic oxidation sites excluding steroid dienone is 2. The van der Waals surface area contributed by atoms with E-state index in [0.717, 1.165) is 12.8 Å². The summed E-state index contributed by atoms with van der Waals surface area (Å²) >= 11 is 0. The molecule has 28 heavy (non-hydrogen) atoms. The van der Waals surface area contributed by atoms with Gasteiger partial charge >= 0.3 is 0 Å². The number of aliphatic hydroxyl groups is 3. The van der Waals surface area contributed by atoms with Crippen LogP contribution in [0.25, 0.3) is 0 Å². The fourth-order valence-electron chi connectivity index (χ4n) is 3.60. The molecular weight excluding hydrogens is 356 g/mol. The highest BCUT2D eigenvalue weighted by Gasteiger charge is 2.40. The summed E-state index contributed by atoms with van der Waals surface area (Å²) in [7, 11) is 0. The minimum atomic E-state index is -0.978. The van der Waals surface area contributed by atoms with E-state index in [1.807, 2.05) is 0 Å². The average molecular weight is 401 g/mol. The van der Waals surface area contributed by atoms with Crippen LogP contribution in [0.5, 0.6) is 0 Å². The minimum Gasteiger partial charge on any atom is -0.394 e. The van der Waals surface area contributed by atoms with Crippen molar-refractivity contribution in [3.8, 4) is 0 Å². The van der Waals surface area contributed by atoms with Crippen LogP contribution < -0.4 is 0 Å². The van der Waals surface area contributed by atoms with Crippen molar-refractivity contribution in [3.05, 3.63) is 12.2 Å². The summed E-state index contributed by atoms with van der Waals surface area (Å²) < 4.78 is 11.0. The van der Waals surface area contributed by atoms with Gasteiger partial charge in [-0.3, -0.25) is 0 Å². The highest BCUT2D eigenvalue weighted by atomic mass is 16.6. The van der Waals surface area contributed by atoms with E-state index in [1.165, 1.54) is 70.6 Å². The topological polar surface area (TPSA) is 79.2 Å². The Labute approximate surface area is 172 Å². The fraction of sp³-hybridized carbons (Fsp3) is 0.913. The lowest BCUT2D eigenvalue weighted by Crippen LogP contribution is -2.42. The zero-order valence-electron chi connectivity index (χ0n) is 17.9. The summed E-state index contributed by atoms with van der Waals surface area (Å²) in [5, 5.41) is 28.7. The average Bonchev–Trinajstić information content (AvgIpc) is 3.03. The van der Waals surface area contributed by atoms with Crippen LogP contribution in [0.15, 0.2) is 12.2 Å². The van der Waals surface area contributed by atoms with E-state index in [4.69, 9.17) is 9.47 Å². The summed E-state index contributed by atoms with van der Waals surface area (Å²) in [5.41, 5.74) is 0. The van der Waals surface area contributed by atoms with Crippen molar-refractivity contribution in [2.75, 3.05) is 19.8 Å². The second-order valence-electron chi connectivity index (χ2n) is 8.03. The number of hydrogen-bond acceptors (Lipinski definition) is 5. The quantitative estimate of drug-likeness (QED) is 0.238. The van der Waals surface area contributed by atoms with Crippen LogP contribution in [0.3, 0.4) is 0 Å². The first-order valence-corrected chi connectivity index (χ1v) is 11.6. The molecule has 5 heteroatoms. The van der Waals surface area contributed by atoms with Gasteiger partial charge in [0, 0.05) is 6.61 Å². The van der Waals surface area contributed by atoms with Gasteiger partial charge in [0.15, 0.2) is 0 Å². The lowest BCUT2D eigenvalue weighted by atomic mass is 10.1. The summed E-state index contributed by atoms with van der Waals surface area (Å²) in [6.45, 7) is 2.68. The standard InChI is InChI=1S/C23H44O5/c1-2-3-4-5-6-7-8-9-10-11-12-13-14-15-16-17-27-21(18-24)23-22(26)20(25)19-28-23/h5-6,20-26H,2-4,7-19H2,1H3/b6-5+/t20-,21+,22-,23-/m0/s1. The van der Waals surface area contributed by atoms with Crippen molar-refractivity contribution in [2.24, 2.45) is 0 Å². The largest absolute Gasteiger partial charge is 0.394 e. The number of aliphatic hydroxyl groups excluding tert-OH is 3. The van der Waals surface area contributed by atoms with Crippen molar-refractivity contribution in [2.45, 2.75) is 115 Å². The highest BCUT2D eigenvalue weighted by molar-refractivity contribution is 4.88. The first-order valence-electron chi connectivity index (χ1n) is 11.6. The molecule has 0 radical (unpaired) electrons. The maximum absolute atomic E-state index is 9.82. The summed E-state index contributed by atoms with van der Waals surface area (Å²) in [4.78, 5) is 0. The monoisotopic (exact) mass is 400 g/mol. The lowest BCUT2D eigenvalue weighted by molar-refractivity contribution is -0.101. The van der Waals surface area contributed by atoms with Gasteiger partial charge in [-0.1, -0.05) is 76.9 Å². The van der Waals surface area contributed by atoms with Gasteiger partial charge in [0.2, 0.25) is 0 Å². The third kappa shape index (κ3) is 11.5. The Hall–Kier alpha value is -0.460. The predicted octanol–water partition coefficient (Wildman–Crippen LogP) is 4.13. The van der Waals surface area contributed by atoms with Crippen LogP contribution in [0.4, 0.5) is 0 Å². The van der Waals surface area contributed by atoms with Gasteiger partial charge in [-0.2, -0.15) is 0 Å². The second-order valence-corrected chi connectivity index (χ2v) is 8.03. The smallest absolute Gasteiger partial charge is 0.114 e. The predicted molar refractivity (Wildman–Crippen MR) is 113 cm³/mol. The van der Waals surface area contributed by atoms with E-state index in [-0.39, 0.29) is 13.2 Å². The first-order chi connectivity index (χ1) is 13.7. The van der Waals surface area contributed by atoms with Gasteiger partial charge in [-0.05, 0) is 25.7 Å². The second kappa shape index (κ2) is 17.4. The van der Waals surface area contributed by atoms with Crippen molar-refractivity contribution >= 4 is 0 Å². The van der Waals surface area contributed by atoms with Crippen LogP contribution in [0.1, 0.15) is 90.4 Å². The molecule has 5 nitrogen and oxygen atoms in total. The molecule has 4 atom stereocenters. The van der Waals surface area contributed by atoms with E-state index < -0.39 is 24.4 Å². The molecule has 1 aliphatic heterocycles. The third-order valence-electron chi connectivity index (χ3n) is 5.47. The molecule has 166 valence electrons. The zero-order valence-corrected chi connectivity index (χ0v) is 17.9. The SMILES string of the molecule is CCCC/C=C/CCCCCCCCCCCO[C@H](CO)[C@@H]1OC[C@H](O)[C@@H]1O. The maximum Gasteiger partial charge on any atom is 0.114 e. The Balaban J connectivity index is 1.85. The fourth-order valence-corrected chi connectivity index (χ4v) is 3.60. The Kier molecular flexibility index (Phi) is 15.9. The molecule has 1 rings (SSSR count). The molecule has 0 saturated carbocycles. The van der Waals surface area contributed by atoms with Gasteiger partial charge in [0.1, 0.15) is 24.4 Å². The summed E-state index contributed by atoms with van der Waals surface area (Å²) in [6.07, 6.45) is 17.9. The van der Waals surface area contributed by atoms with Gasteiger partial charge in [0.05, 0.1) is 13.2 Å². The Morgan fingerprint density at radius 3 is 2.00 bits per heavy atom. The number of hydrogen-bond donors (Lipinski definition) is 3. The zero-order chi connectivity index (χ0) is 20.5. The minimum absolute atomic E-state index is 0.0986. The maximum atomic E-state index is 9.82. The Bertz CT molecular complexity index is 374. The molecule has 0 aromatic carbocycles. The van der Waals surface area contributed by atoms with Gasteiger partial charge < -0.3 is 24.8 Å². The van der Waals surface area contributed by atoms with Crippen LogP contribution in [0, 0.1) is 0 Å². The molecule has 1 saturated heterocycles. The molecule has 0 unspecified atom stereocenters. The van der Waals surface area contributed by atoms with Crippen molar-refractivity contribution < 1.29 is 24.8 Å². The number of ether oxygens (including phenoxy) is 2. The molecule has 0 bridgehead atoms.